The van der Waals surface area contributed by atoms with Gasteiger partial charge in [-0.05, 0) is 31.2 Å². The molecule has 0 bridgehead atoms. The van der Waals surface area contributed by atoms with Crippen LogP contribution in [-0.4, -0.2) is 5.91 Å². The number of carbonyl (C=O) groups excluding carboxylic acids is 1. The van der Waals surface area contributed by atoms with Crippen molar-refractivity contribution in [2.75, 3.05) is 5.32 Å². The number of rotatable bonds is 2. The SMILES string of the molecule is CC=C(Cl)C(=O)Nc1ccc(Cl)cc1. The van der Waals surface area contributed by atoms with Crippen LogP contribution in [0.25, 0.3) is 0 Å². The monoisotopic (exact) mass is 229 g/mol. The quantitative estimate of drug-likeness (QED) is 0.775. The fraction of sp³-hybridized carbons (Fsp3) is 0.100. The summed E-state index contributed by atoms with van der Waals surface area (Å²) in [7, 11) is 0. The lowest BCUT2D eigenvalue weighted by atomic mass is 10.3. The summed E-state index contributed by atoms with van der Waals surface area (Å²) < 4.78 is 0. The second-order valence-corrected chi connectivity index (χ2v) is 3.44. The van der Waals surface area contributed by atoms with Gasteiger partial charge in [-0.2, -0.15) is 0 Å². The number of hydrogen-bond acceptors (Lipinski definition) is 1. The van der Waals surface area contributed by atoms with E-state index in [9.17, 15) is 4.79 Å². The van der Waals surface area contributed by atoms with Crippen molar-refractivity contribution in [3.05, 3.63) is 40.4 Å². The number of anilines is 1. The summed E-state index contributed by atoms with van der Waals surface area (Å²) in [5, 5.41) is 3.41. The molecule has 1 N–H and O–H groups in total. The fourth-order valence-electron chi connectivity index (χ4n) is 0.855. The molecule has 1 aromatic carbocycles. The Morgan fingerprint density at radius 1 is 1.36 bits per heavy atom. The Hall–Kier alpha value is -0.990. The smallest absolute Gasteiger partial charge is 0.266 e. The van der Waals surface area contributed by atoms with E-state index in [-0.39, 0.29) is 10.9 Å². The van der Waals surface area contributed by atoms with Gasteiger partial charge in [0.2, 0.25) is 0 Å². The molecule has 0 aromatic heterocycles. The third-order valence-corrected chi connectivity index (χ3v) is 2.21. The summed E-state index contributed by atoms with van der Waals surface area (Å²) in [4.78, 5) is 11.3. The van der Waals surface area contributed by atoms with Crippen molar-refractivity contribution < 1.29 is 4.79 Å². The van der Waals surface area contributed by atoms with Crippen LogP contribution in [0.2, 0.25) is 5.02 Å². The Morgan fingerprint density at radius 2 is 1.93 bits per heavy atom. The second kappa shape index (κ2) is 5.03. The first-order valence-electron chi connectivity index (χ1n) is 4.02. The van der Waals surface area contributed by atoms with E-state index < -0.39 is 0 Å². The molecule has 74 valence electrons. The molecule has 0 aliphatic rings. The van der Waals surface area contributed by atoms with Crippen LogP contribution in [0.15, 0.2) is 35.4 Å². The van der Waals surface area contributed by atoms with Gasteiger partial charge in [0.15, 0.2) is 0 Å². The largest absolute Gasteiger partial charge is 0.321 e. The maximum atomic E-state index is 11.3. The van der Waals surface area contributed by atoms with E-state index in [4.69, 9.17) is 23.2 Å². The summed E-state index contributed by atoms with van der Waals surface area (Å²) in [6.07, 6.45) is 1.53. The van der Waals surface area contributed by atoms with Crippen molar-refractivity contribution in [1.29, 1.82) is 0 Å². The van der Waals surface area contributed by atoms with Gasteiger partial charge in [-0.3, -0.25) is 4.79 Å². The number of hydrogen-bond donors (Lipinski definition) is 1. The van der Waals surface area contributed by atoms with Gasteiger partial charge in [-0.15, -0.1) is 0 Å². The number of amides is 1. The fourth-order valence-corrected chi connectivity index (χ4v) is 1.03. The topological polar surface area (TPSA) is 29.1 Å². The zero-order valence-electron chi connectivity index (χ0n) is 7.55. The van der Waals surface area contributed by atoms with Gasteiger partial charge < -0.3 is 5.32 Å². The number of nitrogens with one attached hydrogen (secondary N) is 1. The minimum absolute atomic E-state index is 0.167. The zero-order valence-corrected chi connectivity index (χ0v) is 9.06. The van der Waals surface area contributed by atoms with Crippen molar-refractivity contribution in [2.45, 2.75) is 6.92 Å². The van der Waals surface area contributed by atoms with Gasteiger partial charge in [0.25, 0.3) is 5.91 Å². The van der Waals surface area contributed by atoms with Crippen molar-refractivity contribution in [1.82, 2.24) is 0 Å². The van der Waals surface area contributed by atoms with Gasteiger partial charge >= 0.3 is 0 Å². The van der Waals surface area contributed by atoms with E-state index in [1.54, 1.807) is 31.2 Å². The maximum absolute atomic E-state index is 11.3. The van der Waals surface area contributed by atoms with Gasteiger partial charge in [0.1, 0.15) is 5.03 Å². The molecule has 0 unspecified atom stereocenters. The molecule has 1 rings (SSSR count). The molecule has 0 atom stereocenters. The van der Waals surface area contributed by atoms with Crippen LogP contribution < -0.4 is 5.32 Å². The standard InChI is InChI=1S/C10H9Cl2NO/c1-2-9(12)10(14)13-8-5-3-7(11)4-6-8/h2-6H,1H3,(H,13,14). The molecule has 14 heavy (non-hydrogen) atoms. The van der Waals surface area contributed by atoms with Crippen molar-refractivity contribution >= 4 is 34.8 Å². The number of halogens is 2. The average molecular weight is 230 g/mol. The molecule has 4 heteroatoms. The molecular formula is C10H9Cl2NO. The molecule has 0 saturated carbocycles. The molecule has 1 aromatic rings. The normalized spacial score (nSPS) is 11.2. The van der Waals surface area contributed by atoms with Crippen molar-refractivity contribution in [2.24, 2.45) is 0 Å². The van der Waals surface area contributed by atoms with E-state index in [1.165, 1.54) is 6.08 Å². The van der Waals surface area contributed by atoms with Crippen molar-refractivity contribution in [3.8, 4) is 0 Å². The van der Waals surface area contributed by atoms with Crippen LogP contribution in [-0.2, 0) is 4.79 Å². The summed E-state index contributed by atoms with van der Waals surface area (Å²) >= 11 is 11.3. The number of benzene rings is 1. The summed E-state index contributed by atoms with van der Waals surface area (Å²) in [5.41, 5.74) is 0.666. The highest BCUT2D eigenvalue weighted by Gasteiger charge is 2.04. The van der Waals surface area contributed by atoms with Crippen LogP contribution in [0.4, 0.5) is 5.69 Å². The molecule has 0 fully saturated rings. The van der Waals surface area contributed by atoms with Gasteiger partial charge in [-0.1, -0.05) is 29.3 Å². The summed E-state index contributed by atoms with van der Waals surface area (Å²) in [6, 6.07) is 6.81. The third kappa shape index (κ3) is 3.05. The summed E-state index contributed by atoms with van der Waals surface area (Å²) in [5.74, 6) is -0.323. The first kappa shape index (κ1) is 11.1. The third-order valence-electron chi connectivity index (χ3n) is 1.57. The van der Waals surface area contributed by atoms with Gasteiger partial charge in [-0.25, -0.2) is 0 Å². The van der Waals surface area contributed by atoms with Crippen LogP contribution >= 0.6 is 23.2 Å². The highest BCUT2D eigenvalue weighted by molar-refractivity contribution is 6.43. The van der Waals surface area contributed by atoms with Gasteiger partial charge in [0.05, 0.1) is 0 Å². The number of allylic oxidation sites excluding steroid dienone is 1. The first-order valence-corrected chi connectivity index (χ1v) is 4.78. The van der Waals surface area contributed by atoms with E-state index >= 15 is 0 Å². The van der Waals surface area contributed by atoms with Gasteiger partial charge in [0, 0.05) is 10.7 Å². The van der Waals surface area contributed by atoms with E-state index in [0.29, 0.717) is 10.7 Å². The van der Waals surface area contributed by atoms with E-state index in [2.05, 4.69) is 5.32 Å². The minimum atomic E-state index is -0.323. The zero-order chi connectivity index (χ0) is 10.6. The maximum Gasteiger partial charge on any atom is 0.266 e. The Balaban J connectivity index is 2.70. The molecule has 0 radical (unpaired) electrons. The Kier molecular flexibility index (Phi) is 3.98. The predicted octanol–water partition coefficient (Wildman–Crippen LogP) is 3.42. The minimum Gasteiger partial charge on any atom is -0.321 e. The van der Waals surface area contributed by atoms with Crippen LogP contribution in [0.3, 0.4) is 0 Å². The van der Waals surface area contributed by atoms with E-state index in [0.717, 1.165) is 0 Å². The predicted molar refractivity (Wildman–Crippen MR) is 59.7 cm³/mol. The first-order chi connectivity index (χ1) is 6.63. The molecule has 0 aliphatic heterocycles. The highest BCUT2D eigenvalue weighted by atomic mass is 35.5. The van der Waals surface area contributed by atoms with E-state index in [1.807, 2.05) is 0 Å². The highest BCUT2D eigenvalue weighted by Crippen LogP contribution is 2.14. The lowest BCUT2D eigenvalue weighted by Gasteiger charge is -2.03. The molecule has 2 nitrogen and oxygen atoms in total. The lowest BCUT2D eigenvalue weighted by Crippen LogP contribution is -2.10. The molecule has 0 heterocycles. The molecule has 1 amide bonds. The Morgan fingerprint density at radius 3 is 2.43 bits per heavy atom. The van der Waals surface area contributed by atoms with Crippen LogP contribution in [0, 0.1) is 0 Å². The second-order valence-electron chi connectivity index (χ2n) is 2.60. The number of carbonyl (C=O) groups is 1. The van der Waals surface area contributed by atoms with Crippen LogP contribution in [0.1, 0.15) is 6.92 Å². The molecule has 0 saturated heterocycles. The molecule has 0 spiro atoms. The van der Waals surface area contributed by atoms with Crippen molar-refractivity contribution in [3.63, 3.8) is 0 Å². The average Bonchev–Trinajstić information content (AvgIpc) is 2.20. The molecular weight excluding hydrogens is 221 g/mol. The Bertz CT molecular complexity index is 357. The van der Waals surface area contributed by atoms with Crippen LogP contribution in [0.5, 0.6) is 0 Å². The molecule has 0 aliphatic carbocycles. The lowest BCUT2D eigenvalue weighted by molar-refractivity contribution is -0.112. The Labute approximate surface area is 92.5 Å². The summed E-state index contributed by atoms with van der Waals surface area (Å²) in [6.45, 7) is 1.70.